The van der Waals surface area contributed by atoms with Crippen LogP contribution in [-0.4, -0.2) is 9.55 Å². The smallest absolute Gasteiger partial charge is 0.151 e. The molecule has 0 aliphatic rings. The lowest BCUT2D eigenvalue weighted by atomic mass is 10.2. The van der Waals surface area contributed by atoms with Crippen LogP contribution in [0.2, 0.25) is 0 Å². The quantitative estimate of drug-likeness (QED) is 0.784. The molecule has 3 rings (SSSR count). The molecule has 0 bridgehead atoms. The van der Waals surface area contributed by atoms with Crippen molar-refractivity contribution in [2.45, 2.75) is 6.54 Å². The Kier molecular flexibility index (Phi) is 2.97. The van der Waals surface area contributed by atoms with Crippen molar-refractivity contribution in [1.29, 1.82) is 0 Å². The van der Waals surface area contributed by atoms with Crippen LogP contribution in [0.4, 0.5) is 0 Å². The van der Waals surface area contributed by atoms with Gasteiger partial charge in [-0.05, 0) is 45.8 Å². The molecule has 18 heavy (non-hydrogen) atoms. The number of nitrogens with two attached hydrogens (primary N) is 1. The molecule has 3 aromatic rings. The van der Waals surface area contributed by atoms with Crippen LogP contribution in [0.15, 0.2) is 34.1 Å². The standard InChI is InChI=1S/C13H12BrN3S/c1-17-10-3-2-8(7-15)6-9(10)16-13(17)11-4-5-12(14)18-11/h2-6H,7,15H2,1H3. The maximum absolute atomic E-state index is 5.66. The SMILES string of the molecule is Cn1c(-c2ccc(Br)s2)nc2cc(CN)ccc21. The molecule has 0 saturated carbocycles. The van der Waals surface area contributed by atoms with E-state index in [0.717, 1.165) is 31.1 Å². The first-order valence-corrected chi connectivity index (χ1v) is 7.21. The molecule has 92 valence electrons. The third-order valence-electron chi connectivity index (χ3n) is 2.97. The molecular weight excluding hydrogens is 310 g/mol. The molecule has 5 heteroatoms. The van der Waals surface area contributed by atoms with Crippen LogP contribution in [0.5, 0.6) is 0 Å². The predicted octanol–water partition coefficient (Wildman–Crippen LogP) is 3.52. The molecule has 2 heterocycles. The Hall–Kier alpha value is -1.17. The van der Waals surface area contributed by atoms with Gasteiger partial charge in [-0.1, -0.05) is 6.07 Å². The molecule has 0 aliphatic heterocycles. The normalized spacial score (nSPS) is 11.3. The van der Waals surface area contributed by atoms with Gasteiger partial charge >= 0.3 is 0 Å². The van der Waals surface area contributed by atoms with E-state index in [0.29, 0.717) is 6.54 Å². The highest BCUT2D eigenvalue weighted by molar-refractivity contribution is 9.11. The van der Waals surface area contributed by atoms with Crippen LogP contribution in [-0.2, 0) is 13.6 Å². The van der Waals surface area contributed by atoms with E-state index < -0.39 is 0 Å². The molecule has 3 nitrogen and oxygen atoms in total. The van der Waals surface area contributed by atoms with Gasteiger partial charge in [-0.3, -0.25) is 0 Å². The summed E-state index contributed by atoms with van der Waals surface area (Å²) in [6.07, 6.45) is 0. The summed E-state index contributed by atoms with van der Waals surface area (Å²) in [5.41, 5.74) is 8.90. The van der Waals surface area contributed by atoms with Gasteiger partial charge in [0, 0.05) is 13.6 Å². The molecule has 2 aromatic heterocycles. The highest BCUT2D eigenvalue weighted by Gasteiger charge is 2.11. The molecule has 0 radical (unpaired) electrons. The van der Waals surface area contributed by atoms with E-state index in [-0.39, 0.29) is 0 Å². The van der Waals surface area contributed by atoms with E-state index in [1.807, 2.05) is 13.1 Å². The average molecular weight is 322 g/mol. The van der Waals surface area contributed by atoms with Gasteiger partial charge in [0.15, 0.2) is 5.82 Å². The first-order valence-electron chi connectivity index (χ1n) is 5.60. The van der Waals surface area contributed by atoms with E-state index in [1.165, 1.54) is 0 Å². The van der Waals surface area contributed by atoms with Gasteiger partial charge < -0.3 is 10.3 Å². The largest absolute Gasteiger partial charge is 0.326 e. The van der Waals surface area contributed by atoms with Gasteiger partial charge in [0.2, 0.25) is 0 Å². The number of rotatable bonds is 2. The number of hydrogen-bond donors (Lipinski definition) is 1. The van der Waals surface area contributed by atoms with E-state index in [4.69, 9.17) is 10.7 Å². The fraction of sp³-hybridized carbons (Fsp3) is 0.154. The number of hydrogen-bond acceptors (Lipinski definition) is 3. The van der Waals surface area contributed by atoms with E-state index in [9.17, 15) is 0 Å². The highest BCUT2D eigenvalue weighted by Crippen LogP contribution is 2.32. The van der Waals surface area contributed by atoms with Crippen molar-refractivity contribution in [3.05, 3.63) is 39.7 Å². The lowest BCUT2D eigenvalue weighted by molar-refractivity contribution is 0.962. The zero-order chi connectivity index (χ0) is 12.7. The highest BCUT2D eigenvalue weighted by atomic mass is 79.9. The second-order valence-electron chi connectivity index (χ2n) is 4.13. The second-order valence-corrected chi connectivity index (χ2v) is 6.59. The third-order valence-corrected chi connectivity index (χ3v) is 4.59. The Bertz CT molecular complexity index is 714. The number of aryl methyl sites for hydroxylation is 1. The van der Waals surface area contributed by atoms with Crippen LogP contribution in [0.3, 0.4) is 0 Å². The Morgan fingerprint density at radius 3 is 2.83 bits per heavy atom. The summed E-state index contributed by atoms with van der Waals surface area (Å²) in [4.78, 5) is 5.86. The third kappa shape index (κ3) is 1.88. The van der Waals surface area contributed by atoms with E-state index >= 15 is 0 Å². The van der Waals surface area contributed by atoms with E-state index in [2.05, 4.69) is 44.8 Å². The van der Waals surface area contributed by atoms with Crippen molar-refractivity contribution in [1.82, 2.24) is 9.55 Å². The maximum atomic E-state index is 5.66. The molecule has 0 unspecified atom stereocenters. The van der Waals surface area contributed by atoms with Gasteiger partial charge in [0.25, 0.3) is 0 Å². The lowest BCUT2D eigenvalue weighted by Crippen LogP contribution is -1.95. The topological polar surface area (TPSA) is 43.8 Å². The Morgan fingerprint density at radius 1 is 1.33 bits per heavy atom. The Labute approximate surface area is 117 Å². The summed E-state index contributed by atoms with van der Waals surface area (Å²) in [6, 6.07) is 10.3. The van der Waals surface area contributed by atoms with Crippen LogP contribution in [0, 0.1) is 0 Å². The molecule has 0 atom stereocenters. The first kappa shape index (κ1) is 11.9. The number of imidazole rings is 1. The molecular formula is C13H12BrN3S. The monoisotopic (exact) mass is 321 g/mol. The molecule has 2 N–H and O–H groups in total. The summed E-state index contributed by atoms with van der Waals surface area (Å²) < 4.78 is 3.24. The van der Waals surface area contributed by atoms with Gasteiger partial charge in [-0.2, -0.15) is 0 Å². The second kappa shape index (κ2) is 4.50. The fourth-order valence-electron chi connectivity index (χ4n) is 2.03. The minimum absolute atomic E-state index is 0.548. The number of aromatic nitrogens is 2. The Balaban J connectivity index is 2.22. The zero-order valence-corrected chi connectivity index (χ0v) is 12.3. The minimum atomic E-state index is 0.548. The summed E-state index contributed by atoms with van der Waals surface area (Å²) >= 11 is 5.17. The van der Waals surface area contributed by atoms with Gasteiger partial charge in [-0.25, -0.2) is 4.98 Å². The van der Waals surface area contributed by atoms with Crippen LogP contribution < -0.4 is 5.73 Å². The average Bonchev–Trinajstić information content (AvgIpc) is 2.93. The number of thiophene rings is 1. The summed E-state index contributed by atoms with van der Waals surface area (Å²) in [5, 5.41) is 0. The number of benzene rings is 1. The van der Waals surface area contributed by atoms with Crippen molar-refractivity contribution in [3.8, 4) is 10.7 Å². The molecule has 0 aliphatic carbocycles. The van der Waals surface area contributed by atoms with Crippen molar-refractivity contribution < 1.29 is 0 Å². The molecule has 0 fully saturated rings. The minimum Gasteiger partial charge on any atom is -0.326 e. The molecule has 0 spiro atoms. The Morgan fingerprint density at radius 2 is 2.17 bits per heavy atom. The van der Waals surface area contributed by atoms with Gasteiger partial charge in [0.05, 0.1) is 19.7 Å². The summed E-state index contributed by atoms with van der Waals surface area (Å²) in [5.74, 6) is 0.995. The van der Waals surface area contributed by atoms with Crippen molar-refractivity contribution in [3.63, 3.8) is 0 Å². The fourth-order valence-corrected chi connectivity index (χ4v) is 3.44. The lowest BCUT2D eigenvalue weighted by Gasteiger charge is -1.99. The summed E-state index contributed by atoms with van der Waals surface area (Å²) in [6.45, 7) is 0.548. The number of nitrogens with zero attached hydrogens (tertiary/aromatic N) is 2. The summed E-state index contributed by atoms with van der Waals surface area (Å²) in [7, 11) is 2.04. The predicted molar refractivity (Wildman–Crippen MR) is 79.6 cm³/mol. The maximum Gasteiger partial charge on any atom is 0.151 e. The van der Waals surface area contributed by atoms with Crippen molar-refractivity contribution >= 4 is 38.3 Å². The molecule has 1 aromatic carbocycles. The van der Waals surface area contributed by atoms with Crippen molar-refractivity contribution in [2.75, 3.05) is 0 Å². The van der Waals surface area contributed by atoms with Crippen molar-refractivity contribution in [2.24, 2.45) is 12.8 Å². The van der Waals surface area contributed by atoms with Crippen LogP contribution >= 0.6 is 27.3 Å². The first-order chi connectivity index (χ1) is 8.69. The zero-order valence-electron chi connectivity index (χ0n) is 9.85. The molecule has 0 amide bonds. The van der Waals surface area contributed by atoms with Gasteiger partial charge in [-0.15, -0.1) is 11.3 Å². The van der Waals surface area contributed by atoms with E-state index in [1.54, 1.807) is 11.3 Å². The van der Waals surface area contributed by atoms with Crippen LogP contribution in [0.25, 0.3) is 21.7 Å². The van der Waals surface area contributed by atoms with Crippen LogP contribution in [0.1, 0.15) is 5.56 Å². The van der Waals surface area contributed by atoms with Gasteiger partial charge in [0.1, 0.15) is 0 Å². The number of fused-ring (bicyclic) bond motifs is 1. The molecule has 0 saturated heterocycles. The number of halogens is 1.